The van der Waals surface area contributed by atoms with E-state index >= 15 is 0 Å². The van der Waals surface area contributed by atoms with Crippen LogP contribution in [0.1, 0.15) is 21.6 Å². The van der Waals surface area contributed by atoms with E-state index in [-0.39, 0.29) is 5.91 Å². The number of ether oxygens (including phenoxy) is 1. The molecule has 1 heterocycles. The van der Waals surface area contributed by atoms with Crippen molar-refractivity contribution in [2.75, 3.05) is 19.0 Å². The molecule has 6 nitrogen and oxygen atoms in total. The number of benzene rings is 2. The molecule has 2 aromatic carbocycles. The zero-order chi connectivity index (χ0) is 19.8. The second-order valence-corrected chi connectivity index (χ2v) is 6.52. The Bertz CT molecular complexity index is 932. The standard InChI is InChI=1S/C21H21ClN4O2/c1-28-19-5-3-2-4-16(19)10-11-23-20-12-18(25-14-26-20)21(27)24-13-15-6-8-17(22)9-7-15/h2-9,12,14H,10-11,13H2,1H3,(H,24,27)(H,23,25,26). The SMILES string of the molecule is COc1ccccc1CCNc1cc(C(=O)NCc2ccc(Cl)cc2)ncn1. The van der Waals surface area contributed by atoms with Gasteiger partial charge in [0.15, 0.2) is 0 Å². The number of nitrogens with zero attached hydrogens (tertiary/aromatic N) is 2. The molecule has 28 heavy (non-hydrogen) atoms. The van der Waals surface area contributed by atoms with E-state index in [0.717, 1.165) is 23.3 Å². The molecule has 0 atom stereocenters. The number of carbonyl (C=O) groups is 1. The van der Waals surface area contributed by atoms with E-state index in [1.54, 1.807) is 25.3 Å². The van der Waals surface area contributed by atoms with Gasteiger partial charge in [0, 0.05) is 24.2 Å². The number of methoxy groups -OCH3 is 1. The fourth-order valence-corrected chi connectivity index (χ4v) is 2.81. The first-order valence-corrected chi connectivity index (χ1v) is 9.24. The molecule has 0 bridgehead atoms. The van der Waals surface area contributed by atoms with Gasteiger partial charge in [0.05, 0.1) is 7.11 Å². The van der Waals surface area contributed by atoms with Gasteiger partial charge in [0.25, 0.3) is 5.91 Å². The number of para-hydroxylation sites is 1. The summed E-state index contributed by atoms with van der Waals surface area (Å²) in [5.41, 5.74) is 2.37. The minimum Gasteiger partial charge on any atom is -0.496 e. The Kier molecular flexibility index (Phi) is 6.81. The predicted molar refractivity (Wildman–Crippen MR) is 110 cm³/mol. The van der Waals surface area contributed by atoms with Crippen LogP contribution in [0.25, 0.3) is 0 Å². The molecule has 3 aromatic rings. The Hall–Kier alpha value is -3.12. The summed E-state index contributed by atoms with van der Waals surface area (Å²) >= 11 is 5.87. The van der Waals surface area contributed by atoms with Crippen LogP contribution in [0.3, 0.4) is 0 Å². The van der Waals surface area contributed by atoms with E-state index in [4.69, 9.17) is 16.3 Å². The summed E-state index contributed by atoms with van der Waals surface area (Å²) in [7, 11) is 1.66. The van der Waals surface area contributed by atoms with Gasteiger partial charge in [-0.05, 0) is 35.7 Å². The molecule has 0 radical (unpaired) electrons. The lowest BCUT2D eigenvalue weighted by atomic mass is 10.1. The third kappa shape index (κ3) is 5.44. The van der Waals surface area contributed by atoms with Crippen molar-refractivity contribution in [1.29, 1.82) is 0 Å². The number of rotatable bonds is 8. The first kappa shape index (κ1) is 19.6. The monoisotopic (exact) mass is 396 g/mol. The highest BCUT2D eigenvalue weighted by Gasteiger charge is 2.09. The molecule has 144 valence electrons. The fraction of sp³-hybridized carbons (Fsp3) is 0.190. The van der Waals surface area contributed by atoms with Crippen LogP contribution in [0, 0.1) is 0 Å². The third-order valence-electron chi connectivity index (χ3n) is 4.16. The Morgan fingerprint density at radius 1 is 1.11 bits per heavy atom. The predicted octanol–water partition coefficient (Wildman–Crippen LogP) is 3.72. The maximum atomic E-state index is 12.3. The van der Waals surface area contributed by atoms with Crippen LogP contribution < -0.4 is 15.4 Å². The largest absolute Gasteiger partial charge is 0.496 e. The fourth-order valence-electron chi connectivity index (χ4n) is 2.69. The average molecular weight is 397 g/mol. The van der Waals surface area contributed by atoms with Crippen molar-refractivity contribution in [1.82, 2.24) is 15.3 Å². The molecule has 0 aliphatic heterocycles. The Morgan fingerprint density at radius 3 is 2.68 bits per heavy atom. The smallest absolute Gasteiger partial charge is 0.270 e. The summed E-state index contributed by atoms with van der Waals surface area (Å²) in [6.07, 6.45) is 2.15. The van der Waals surface area contributed by atoms with E-state index in [1.807, 2.05) is 36.4 Å². The minimum absolute atomic E-state index is 0.259. The lowest BCUT2D eigenvalue weighted by Gasteiger charge is -2.10. The van der Waals surface area contributed by atoms with Crippen molar-refractivity contribution in [2.24, 2.45) is 0 Å². The molecule has 0 fully saturated rings. The van der Waals surface area contributed by atoms with E-state index < -0.39 is 0 Å². The highest BCUT2D eigenvalue weighted by molar-refractivity contribution is 6.30. The number of halogens is 1. The molecule has 0 saturated carbocycles. The second kappa shape index (κ2) is 9.71. The number of nitrogens with one attached hydrogen (secondary N) is 2. The summed E-state index contributed by atoms with van der Waals surface area (Å²) in [6, 6.07) is 16.8. The van der Waals surface area contributed by atoms with E-state index in [0.29, 0.717) is 29.6 Å². The van der Waals surface area contributed by atoms with Gasteiger partial charge in [0.2, 0.25) is 0 Å². The van der Waals surface area contributed by atoms with E-state index in [1.165, 1.54) is 6.33 Å². The maximum Gasteiger partial charge on any atom is 0.270 e. The lowest BCUT2D eigenvalue weighted by Crippen LogP contribution is -2.24. The van der Waals surface area contributed by atoms with Gasteiger partial charge in [-0.3, -0.25) is 4.79 Å². The number of aromatic nitrogens is 2. The molecule has 0 aliphatic carbocycles. The number of hydrogen-bond donors (Lipinski definition) is 2. The van der Waals surface area contributed by atoms with Crippen LogP contribution in [0.2, 0.25) is 5.02 Å². The quantitative estimate of drug-likeness (QED) is 0.606. The lowest BCUT2D eigenvalue weighted by molar-refractivity contribution is 0.0946. The van der Waals surface area contributed by atoms with Crippen LogP contribution in [0.5, 0.6) is 5.75 Å². The van der Waals surface area contributed by atoms with Gasteiger partial charge < -0.3 is 15.4 Å². The van der Waals surface area contributed by atoms with Gasteiger partial charge in [-0.15, -0.1) is 0 Å². The van der Waals surface area contributed by atoms with Crippen molar-refractivity contribution >= 4 is 23.3 Å². The van der Waals surface area contributed by atoms with E-state index in [2.05, 4.69) is 20.6 Å². The maximum absolute atomic E-state index is 12.3. The summed E-state index contributed by atoms with van der Waals surface area (Å²) < 4.78 is 5.35. The summed E-state index contributed by atoms with van der Waals surface area (Å²) in [4.78, 5) is 20.6. The Balaban J connectivity index is 1.54. The van der Waals surface area contributed by atoms with Crippen LogP contribution in [-0.4, -0.2) is 29.5 Å². The first-order valence-electron chi connectivity index (χ1n) is 8.86. The minimum atomic E-state index is -0.259. The summed E-state index contributed by atoms with van der Waals surface area (Å²) in [6.45, 7) is 1.06. The molecule has 0 spiro atoms. The van der Waals surface area contributed by atoms with Crippen molar-refractivity contribution in [3.63, 3.8) is 0 Å². The van der Waals surface area contributed by atoms with Gasteiger partial charge in [-0.25, -0.2) is 9.97 Å². The normalized spacial score (nSPS) is 10.4. The van der Waals surface area contributed by atoms with Crippen molar-refractivity contribution in [3.8, 4) is 5.75 Å². The van der Waals surface area contributed by atoms with Crippen LogP contribution in [-0.2, 0) is 13.0 Å². The van der Waals surface area contributed by atoms with E-state index in [9.17, 15) is 4.79 Å². The molecule has 1 aromatic heterocycles. The molecule has 0 aliphatic rings. The molecule has 1 amide bonds. The zero-order valence-corrected chi connectivity index (χ0v) is 16.2. The molecular weight excluding hydrogens is 376 g/mol. The number of hydrogen-bond acceptors (Lipinski definition) is 5. The topological polar surface area (TPSA) is 76.1 Å². The highest BCUT2D eigenvalue weighted by Crippen LogP contribution is 2.17. The van der Waals surface area contributed by atoms with Crippen molar-refractivity contribution < 1.29 is 9.53 Å². The molecule has 3 rings (SSSR count). The number of anilines is 1. The van der Waals surface area contributed by atoms with Gasteiger partial charge in [-0.2, -0.15) is 0 Å². The van der Waals surface area contributed by atoms with Gasteiger partial charge >= 0.3 is 0 Å². The van der Waals surface area contributed by atoms with Crippen LogP contribution in [0.15, 0.2) is 60.9 Å². The molecule has 0 unspecified atom stereocenters. The van der Waals surface area contributed by atoms with Crippen LogP contribution >= 0.6 is 11.6 Å². The zero-order valence-electron chi connectivity index (χ0n) is 15.5. The summed E-state index contributed by atoms with van der Waals surface area (Å²) in [5, 5.41) is 6.72. The number of carbonyl (C=O) groups excluding carboxylic acids is 1. The van der Waals surface area contributed by atoms with Gasteiger partial charge in [-0.1, -0.05) is 41.9 Å². The first-order chi connectivity index (χ1) is 13.7. The van der Waals surface area contributed by atoms with Crippen LogP contribution in [0.4, 0.5) is 5.82 Å². The molecule has 7 heteroatoms. The number of amides is 1. The molecule has 2 N–H and O–H groups in total. The second-order valence-electron chi connectivity index (χ2n) is 6.09. The Labute approximate surface area is 168 Å². The highest BCUT2D eigenvalue weighted by atomic mass is 35.5. The summed E-state index contributed by atoms with van der Waals surface area (Å²) in [5.74, 6) is 1.20. The van der Waals surface area contributed by atoms with Crippen molar-refractivity contribution in [2.45, 2.75) is 13.0 Å². The average Bonchev–Trinajstić information content (AvgIpc) is 2.73. The van der Waals surface area contributed by atoms with Crippen molar-refractivity contribution in [3.05, 3.63) is 82.8 Å². The molecular formula is C21H21ClN4O2. The molecule has 0 saturated heterocycles. The third-order valence-corrected chi connectivity index (χ3v) is 4.41. The van der Waals surface area contributed by atoms with Gasteiger partial charge in [0.1, 0.15) is 23.6 Å². The Morgan fingerprint density at radius 2 is 1.89 bits per heavy atom.